The third-order valence-electron chi connectivity index (χ3n) is 5.46. The summed E-state index contributed by atoms with van der Waals surface area (Å²) in [7, 11) is 0. The van der Waals surface area contributed by atoms with Crippen molar-refractivity contribution in [1.82, 2.24) is 15.1 Å². The minimum Gasteiger partial charge on any atom is -0.396 e. The predicted octanol–water partition coefficient (Wildman–Crippen LogP) is 0.681. The molecule has 2 aliphatic heterocycles. The molecular weight excluding hydrogens is 278 g/mol. The van der Waals surface area contributed by atoms with Gasteiger partial charge in [0.1, 0.15) is 0 Å². The first-order valence-electron chi connectivity index (χ1n) is 9.11. The molecule has 1 aliphatic carbocycles. The highest BCUT2D eigenvalue weighted by molar-refractivity contribution is 5.81. The number of carbonyl (C=O) groups is 1. The first-order valence-corrected chi connectivity index (χ1v) is 9.11. The Bertz CT molecular complexity index is 365. The molecule has 3 rings (SSSR count). The second-order valence-electron chi connectivity index (χ2n) is 7.32. The minimum atomic E-state index is 0.331. The molecule has 5 nitrogen and oxygen atoms in total. The van der Waals surface area contributed by atoms with Gasteiger partial charge in [0.15, 0.2) is 0 Å². The lowest BCUT2D eigenvalue weighted by Crippen LogP contribution is -2.47. The number of rotatable bonds is 6. The molecule has 2 saturated heterocycles. The van der Waals surface area contributed by atoms with Gasteiger partial charge in [0.2, 0.25) is 5.91 Å². The molecule has 126 valence electrons. The molecule has 0 unspecified atom stereocenters. The number of hydrogen-bond acceptors (Lipinski definition) is 4. The zero-order valence-electron chi connectivity index (χ0n) is 13.7. The van der Waals surface area contributed by atoms with Crippen molar-refractivity contribution in [3.63, 3.8) is 0 Å². The van der Waals surface area contributed by atoms with Crippen molar-refractivity contribution in [2.24, 2.45) is 11.8 Å². The summed E-state index contributed by atoms with van der Waals surface area (Å²) in [4.78, 5) is 16.6. The summed E-state index contributed by atoms with van der Waals surface area (Å²) in [5.41, 5.74) is 0. The SMILES string of the molecule is O=C(C1CC1)N1CCC(NCCN2CCC[C@H](CO)C2)CC1. The van der Waals surface area contributed by atoms with Crippen LogP contribution in [0.15, 0.2) is 0 Å². The molecule has 0 bridgehead atoms. The van der Waals surface area contributed by atoms with Gasteiger partial charge in [-0.2, -0.15) is 0 Å². The van der Waals surface area contributed by atoms with E-state index in [2.05, 4.69) is 15.1 Å². The van der Waals surface area contributed by atoms with Crippen LogP contribution in [0.25, 0.3) is 0 Å². The molecule has 3 fully saturated rings. The van der Waals surface area contributed by atoms with Crippen LogP contribution in [0.1, 0.15) is 38.5 Å². The second-order valence-corrected chi connectivity index (χ2v) is 7.32. The Labute approximate surface area is 134 Å². The van der Waals surface area contributed by atoms with Crippen molar-refractivity contribution in [2.75, 3.05) is 45.9 Å². The molecule has 2 N–H and O–H groups in total. The van der Waals surface area contributed by atoms with Gasteiger partial charge in [0, 0.05) is 51.3 Å². The predicted molar refractivity (Wildman–Crippen MR) is 86.6 cm³/mol. The van der Waals surface area contributed by atoms with Crippen LogP contribution in [0.5, 0.6) is 0 Å². The minimum absolute atomic E-state index is 0.331. The van der Waals surface area contributed by atoms with E-state index >= 15 is 0 Å². The number of hydrogen-bond donors (Lipinski definition) is 2. The fraction of sp³-hybridized carbons (Fsp3) is 0.941. The average molecular weight is 309 g/mol. The van der Waals surface area contributed by atoms with Gasteiger partial charge in [-0.15, -0.1) is 0 Å². The van der Waals surface area contributed by atoms with E-state index in [9.17, 15) is 9.90 Å². The van der Waals surface area contributed by atoms with Gasteiger partial charge >= 0.3 is 0 Å². The van der Waals surface area contributed by atoms with Crippen LogP contribution in [0.2, 0.25) is 0 Å². The van der Waals surface area contributed by atoms with Crippen LogP contribution in [0, 0.1) is 11.8 Å². The Hall–Kier alpha value is -0.650. The molecule has 0 aromatic rings. The molecule has 2 heterocycles. The number of amides is 1. The van der Waals surface area contributed by atoms with Crippen molar-refractivity contribution >= 4 is 5.91 Å². The molecule has 0 spiro atoms. The lowest BCUT2D eigenvalue weighted by molar-refractivity contribution is -0.133. The highest BCUT2D eigenvalue weighted by Gasteiger charge is 2.34. The number of nitrogens with zero attached hydrogens (tertiary/aromatic N) is 2. The van der Waals surface area contributed by atoms with Crippen LogP contribution < -0.4 is 5.32 Å². The maximum atomic E-state index is 12.0. The monoisotopic (exact) mass is 309 g/mol. The van der Waals surface area contributed by atoms with Gasteiger partial charge in [0.05, 0.1) is 0 Å². The third kappa shape index (κ3) is 4.43. The summed E-state index contributed by atoms with van der Waals surface area (Å²) in [5, 5.41) is 12.9. The highest BCUT2D eigenvalue weighted by atomic mass is 16.3. The summed E-state index contributed by atoms with van der Waals surface area (Å²) < 4.78 is 0. The topological polar surface area (TPSA) is 55.8 Å². The lowest BCUT2D eigenvalue weighted by atomic mass is 9.99. The fourth-order valence-corrected chi connectivity index (χ4v) is 3.82. The Morgan fingerprint density at radius 2 is 1.86 bits per heavy atom. The number of piperidine rings is 2. The smallest absolute Gasteiger partial charge is 0.225 e. The number of likely N-dealkylation sites (tertiary alicyclic amines) is 2. The van der Waals surface area contributed by atoms with Crippen LogP contribution in [0.4, 0.5) is 0 Å². The molecule has 1 atom stereocenters. The first kappa shape index (κ1) is 16.2. The second kappa shape index (κ2) is 7.75. The zero-order valence-corrected chi connectivity index (χ0v) is 13.7. The number of carbonyl (C=O) groups excluding carboxylic acids is 1. The molecule has 1 saturated carbocycles. The van der Waals surface area contributed by atoms with Gasteiger partial charge in [-0.25, -0.2) is 0 Å². The van der Waals surface area contributed by atoms with E-state index in [1.165, 1.54) is 19.4 Å². The molecule has 0 aromatic carbocycles. The van der Waals surface area contributed by atoms with E-state index in [0.717, 1.165) is 58.4 Å². The summed E-state index contributed by atoms with van der Waals surface area (Å²) >= 11 is 0. The summed E-state index contributed by atoms with van der Waals surface area (Å²) in [6.45, 7) is 6.53. The van der Waals surface area contributed by atoms with E-state index in [1.54, 1.807) is 0 Å². The highest BCUT2D eigenvalue weighted by Crippen LogP contribution is 2.31. The normalized spacial score (nSPS) is 28.0. The van der Waals surface area contributed by atoms with E-state index < -0.39 is 0 Å². The van der Waals surface area contributed by atoms with Crippen molar-refractivity contribution in [1.29, 1.82) is 0 Å². The van der Waals surface area contributed by atoms with Crippen molar-refractivity contribution in [3.8, 4) is 0 Å². The summed E-state index contributed by atoms with van der Waals surface area (Å²) in [6, 6.07) is 0.571. The molecule has 22 heavy (non-hydrogen) atoms. The van der Waals surface area contributed by atoms with Crippen LogP contribution in [-0.2, 0) is 4.79 Å². The lowest BCUT2D eigenvalue weighted by Gasteiger charge is -2.34. The standard InChI is InChI=1S/C17H31N3O2/c21-13-14-2-1-8-19(12-14)11-7-18-16-5-9-20(10-6-16)17(22)15-3-4-15/h14-16,18,21H,1-13H2/t14-/m0/s1. The van der Waals surface area contributed by atoms with Crippen molar-refractivity contribution in [3.05, 3.63) is 0 Å². The van der Waals surface area contributed by atoms with Gasteiger partial charge < -0.3 is 20.2 Å². The van der Waals surface area contributed by atoms with Gasteiger partial charge in [-0.3, -0.25) is 4.79 Å². The Morgan fingerprint density at radius 3 is 2.55 bits per heavy atom. The molecule has 0 aromatic heterocycles. The van der Waals surface area contributed by atoms with Gasteiger partial charge in [-0.1, -0.05) is 0 Å². The van der Waals surface area contributed by atoms with E-state index in [-0.39, 0.29) is 0 Å². The summed E-state index contributed by atoms with van der Waals surface area (Å²) in [6.07, 6.45) is 6.81. The van der Waals surface area contributed by atoms with E-state index in [4.69, 9.17) is 0 Å². The average Bonchev–Trinajstić information content (AvgIpc) is 3.40. The molecule has 0 radical (unpaired) electrons. The maximum absolute atomic E-state index is 12.0. The molecular formula is C17H31N3O2. The van der Waals surface area contributed by atoms with Crippen LogP contribution in [-0.4, -0.2) is 72.7 Å². The number of aliphatic hydroxyl groups excluding tert-OH is 1. The number of nitrogens with one attached hydrogen (secondary N) is 1. The maximum Gasteiger partial charge on any atom is 0.225 e. The summed E-state index contributed by atoms with van der Waals surface area (Å²) in [5.74, 6) is 1.25. The largest absolute Gasteiger partial charge is 0.396 e. The zero-order chi connectivity index (χ0) is 15.4. The molecule has 3 aliphatic rings. The molecule has 5 heteroatoms. The van der Waals surface area contributed by atoms with Crippen LogP contribution in [0.3, 0.4) is 0 Å². The van der Waals surface area contributed by atoms with Crippen molar-refractivity contribution in [2.45, 2.75) is 44.6 Å². The Kier molecular flexibility index (Phi) is 5.71. The third-order valence-corrected chi connectivity index (χ3v) is 5.46. The van der Waals surface area contributed by atoms with E-state index in [0.29, 0.717) is 30.4 Å². The molecule has 1 amide bonds. The van der Waals surface area contributed by atoms with Crippen LogP contribution >= 0.6 is 0 Å². The van der Waals surface area contributed by atoms with E-state index in [1.807, 2.05) is 0 Å². The first-order chi connectivity index (χ1) is 10.8. The van der Waals surface area contributed by atoms with Gasteiger partial charge in [-0.05, 0) is 51.0 Å². The quantitative estimate of drug-likeness (QED) is 0.758. The fourth-order valence-electron chi connectivity index (χ4n) is 3.82. The van der Waals surface area contributed by atoms with Gasteiger partial charge in [0.25, 0.3) is 0 Å². The van der Waals surface area contributed by atoms with Crippen molar-refractivity contribution < 1.29 is 9.90 Å². The number of aliphatic hydroxyl groups is 1. The Balaban J connectivity index is 1.29. The Morgan fingerprint density at radius 1 is 1.09 bits per heavy atom.